The zero-order chi connectivity index (χ0) is 12.1. The summed E-state index contributed by atoms with van der Waals surface area (Å²) in [5, 5.41) is 9.86. The fourth-order valence-electron chi connectivity index (χ4n) is 0.766. The Morgan fingerprint density at radius 2 is 2.19 bits per heavy atom. The molecule has 1 aromatic carbocycles. The molecule has 5 nitrogen and oxygen atoms in total. The van der Waals surface area contributed by atoms with E-state index >= 15 is 0 Å². The predicted octanol–water partition coefficient (Wildman–Crippen LogP) is 3.19. The number of carboxylic acid groups (broad SMARTS) is 1. The lowest BCUT2D eigenvalue weighted by Crippen LogP contribution is -2.24. The second kappa shape index (κ2) is 5.58. The largest absolute Gasteiger partial charge is 0.463 e. The highest BCUT2D eigenvalue weighted by Gasteiger charge is 2.03. The second-order valence-electron chi connectivity index (χ2n) is 2.72. The van der Waals surface area contributed by atoms with E-state index in [1.807, 2.05) is 0 Å². The molecule has 0 spiro atoms. The van der Waals surface area contributed by atoms with E-state index in [1.165, 1.54) is 13.1 Å². The van der Waals surface area contributed by atoms with Crippen LogP contribution >= 0.6 is 23.2 Å². The third-order valence-electron chi connectivity index (χ3n) is 1.58. The van der Waals surface area contributed by atoms with Gasteiger partial charge in [-0.25, -0.2) is 9.79 Å². The zero-order valence-electron chi connectivity index (χ0n) is 8.22. The van der Waals surface area contributed by atoms with Crippen LogP contribution in [0.3, 0.4) is 0 Å². The molecule has 1 rings (SSSR count). The molecule has 1 N–H and O–H groups in total. The van der Waals surface area contributed by atoms with Gasteiger partial charge in [0, 0.05) is 0 Å². The molecule has 0 saturated heterocycles. The Morgan fingerprint density at radius 1 is 1.50 bits per heavy atom. The number of halogens is 2. The van der Waals surface area contributed by atoms with Crippen LogP contribution < -0.4 is 0 Å². The summed E-state index contributed by atoms with van der Waals surface area (Å²) < 4.78 is 0. The minimum absolute atomic E-state index is 0.364. The quantitative estimate of drug-likeness (QED) is 0.517. The molecule has 0 aliphatic carbocycles. The number of hydrogen-bond acceptors (Lipinski definition) is 3. The summed E-state index contributed by atoms with van der Waals surface area (Å²) in [6, 6.07) is 4.73. The van der Waals surface area contributed by atoms with Gasteiger partial charge < -0.3 is 9.94 Å². The Balaban J connectivity index is 2.63. The first kappa shape index (κ1) is 12.6. The van der Waals surface area contributed by atoms with Gasteiger partial charge in [0.05, 0.1) is 22.8 Å². The first-order chi connectivity index (χ1) is 7.50. The molecule has 0 bridgehead atoms. The van der Waals surface area contributed by atoms with Gasteiger partial charge in [-0.05, 0) is 18.2 Å². The number of hydroxylamine groups is 2. The Labute approximate surface area is 102 Å². The van der Waals surface area contributed by atoms with Gasteiger partial charge in [-0.2, -0.15) is 0 Å². The molecule has 16 heavy (non-hydrogen) atoms. The van der Waals surface area contributed by atoms with Crippen LogP contribution in [-0.4, -0.2) is 29.7 Å². The minimum atomic E-state index is -1.22. The van der Waals surface area contributed by atoms with Gasteiger partial charge >= 0.3 is 6.09 Å². The summed E-state index contributed by atoms with van der Waals surface area (Å²) in [7, 11) is 1.24. The van der Waals surface area contributed by atoms with E-state index in [4.69, 9.17) is 28.3 Å². The van der Waals surface area contributed by atoms with Crippen LogP contribution in [0.15, 0.2) is 23.2 Å². The summed E-state index contributed by atoms with van der Waals surface area (Å²) >= 11 is 11.5. The van der Waals surface area contributed by atoms with Crippen molar-refractivity contribution in [2.24, 2.45) is 4.99 Å². The summed E-state index contributed by atoms with van der Waals surface area (Å²) in [5.74, 6) is 0. The van der Waals surface area contributed by atoms with Gasteiger partial charge in [-0.15, -0.1) is 5.06 Å². The third kappa shape index (κ3) is 3.60. The lowest BCUT2D eigenvalue weighted by Gasteiger charge is -2.08. The standard InChI is InChI=1S/C9H8Cl2N2O3/c1-13(9(14)15)16-5-12-6-2-3-7(10)8(11)4-6/h2-5H,1H3,(H,14,15). The Hall–Kier alpha value is -1.46. The third-order valence-corrected chi connectivity index (χ3v) is 2.32. The van der Waals surface area contributed by atoms with Crippen molar-refractivity contribution >= 4 is 41.4 Å². The topological polar surface area (TPSA) is 62.1 Å². The molecule has 0 aromatic heterocycles. The fourth-order valence-corrected chi connectivity index (χ4v) is 1.06. The molecule has 0 aliphatic rings. The molecule has 0 unspecified atom stereocenters. The molecule has 0 heterocycles. The van der Waals surface area contributed by atoms with E-state index in [0.717, 1.165) is 6.40 Å². The number of amides is 1. The molecule has 1 aromatic rings. The zero-order valence-corrected chi connectivity index (χ0v) is 9.74. The number of hydrogen-bond donors (Lipinski definition) is 1. The first-order valence-electron chi connectivity index (χ1n) is 4.11. The number of nitrogens with zero attached hydrogens (tertiary/aromatic N) is 2. The average Bonchev–Trinajstić information content (AvgIpc) is 2.23. The molecule has 0 fully saturated rings. The van der Waals surface area contributed by atoms with Gasteiger partial charge in [-0.1, -0.05) is 23.2 Å². The van der Waals surface area contributed by atoms with Crippen molar-refractivity contribution in [3.63, 3.8) is 0 Å². The molecular formula is C9H8Cl2N2O3. The van der Waals surface area contributed by atoms with Crippen LogP contribution in [0, 0.1) is 0 Å². The summed E-state index contributed by atoms with van der Waals surface area (Å²) in [6.07, 6.45) is -0.228. The fraction of sp³-hybridized carbons (Fsp3) is 0.111. The smallest absolute Gasteiger partial charge is 0.440 e. The minimum Gasteiger partial charge on any atom is -0.463 e. The maximum Gasteiger partial charge on any atom is 0.440 e. The highest BCUT2D eigenvalue weighted by molar-refractivity contribution is 6.42. The number of aliphatic imine (C=N–C) groups is 1. The van der Waals surface area contributed by atoms with E-state index in [1.54, 1.807) is 12.1 Å². The van der Waals surface area contributed by atoms with Gasteiger partial charge in [0.25, 0.3) is 0 Å². The number of rotatable bonds is 3. The van der Waals surface area contributed by atoms with Crippen molar-refractivity contribution < 1.29 is 14.7 Å². The van der Waals surface area contributed by atoms with E-state index in [-0.39, 0.29) is 0 Å². The number of benzene rings is 1. The highest BCUT2D eigenvalue weighted by Crippen LogP contribution is 2.26. The van der Waals surface area contributed by atoms with Crippen molar-refractivity contribution in [3.05, 3.63) is 28.2 Å². The van der Waals surface area contributed by atoms with Crippen molar-refractivity contribution in [2.45, 2.75) is 0 Å². The average molecular weight is 263 g/mol. The second-order valence-corrected chi connectivity index (χ2v) is 3.53. The van der Waals surface area contributed by atoms with Crippen molar-refractivity contribution in [1.82, 2.24) is 5.06 Å². The summed E-state index contributed by atoms with van der Waals surface area (Å²) in [4.78, 5) is 18.8. The van der Waals surface area contributed by atoms with Crippen LogP contribution in [-0.2, 0) is 4.84 Å². The van der Waals surface area contributed by atoms with Crippen LogP contribution in [0.5, 0.6) is 0 Å². The lowest BCUT2D eigenvalue weighted by atomic mass is 10.3. The maximum absolute atomic E-state index is 10.3. The van der Waals surface area contributed by atoms with Crippen molar-refractivity contribution in [3.8, 4) is 0 Å². The first-order valence-corrected chi connectivity index (χ1v) is 4.87. The maximum atomic E-state index is 10.3. The Kier molecular flexibility index (Phi) is 4.39. The van der Waals surface area contributed by atoms with Crippen molar-refractivity contribution in [2.75, 3.05) is 7.05 Å². The van der Waals surface area contributed by atoms with E-state index < -0.39 is 6.09 Å². The molecule has 0 aliphatic heterocycles. The van der Waals surface area contributed by atoms with E-state index in [0.29, 0.717) is 20.8 Å². The molecule has 86 valence electrons. The van der Waals surface area contributed by atoms with Gasteiger partial charge in [0.2, 0.25) is 6.40 Å². The Morgan fingerprint density at radius 3 is 2.75 bits per heavy atom. The van der Waals surface area contributed by atoms with Gasteiger partial charge in [-0.3, -0.25) is 0 Å². The summed E-state index contributed by atoms with van der Waals surface area (Å²) in [5.41, 5.74) is 0.508. The molecule has 7 heteroatoms. The van der Waals surface area contributed by atoms with Gasteiger partial charge in [0.15, 0.2) is 0 Å². The monoisotopic (exact) mass is 262 g/mol. The SMILES string of the molecule is CN(OC=Nc1ccc(Cl)c(Cl)c1)C(=O)O. The molecular weight excluding hydrogens is 255 g/mol. The lowest BCUT2D eigenvalue weighted by molar-refractivity contribution is -0.0190. The summed E-state index contributed by atoms with van der Waals surface area (Å²) in [6.45, 7) is 0. The normalized spacial score (nSPS) is 10.4. The molecule has 1 amide bonds. The highest BCUT2D eigenvalue weighted by atomic mass is 35.5. The van der Waals surface area contributed by atoms with Crippen molar-refractivity contribution in [1.29, 1.82) is 0 Å². The van der Waals surface area contributed by atoms with E-state index in [9.17, 15) is 4.79 Å². The Bertz CT molecular complexity index is 423. The molecule has 0 atom stereocenters. The predicted molar refractivity (Wildman–Crippen MR) is 61.5 cm³/mol. The van der Waals surface area contributed by atoms with Crippen LogP contribution in [0.1, 0.15) is 0 Å². The van der Waals surface area contributed by atoms with Crippen LogP contribution in [0.4, 0.5) is 10.5 Å². The van der Waals surface area contributed by atoms with E-state index in [2.05, 4.69) is 9.83 Å². The van der Waals surface area contributed by atoms with Crippen LogP contribution in [0.25, 0.3) is 0 Å². The van der Waals surface area contributed by atoms with Crippen LogP contribution in [0.2, 0.25) is 10.0 Å². The van der Waals surface area contributed by atoms with Gasteiger partial charge in [0.1, 0.15) is 0 Å². The molecule has 0 saturated carbocycles. The molecule has 0 radical (unpaired) electrons. The number of carbonyl (C=O) groups is 1.